The van der Waals surface area contributed by atoms with Crippen molar-refractivity contribution in [2.24, 2.45) is 0 Å². The van der Waals surface area contributed by atoms with Crippen LogP contribution in [0.4, 0.5) is 0 Å². The van der Waals surface area contributed by atoms with Gasteiger partial charge < -0.3 is 5.11 Å². The summed E-state index contributed by atoms with van der Waals surface area (Å²) in [5.41, 5.74) is 0. The van der Waals surface area contributed by atoms with E-state index in [1.54, 1.807) is 24.3 Å². The van der Waals surface area contributed by atoms with Crippen LogP contribution >= 0.6 is 21.7 Å². The minimum Gasteiger partial charge on any atom is -0.508 e. The van der Waals surface area contributed by atoms with Gasteiger partial charge in [0.15, 0.2) is 0 Å². The molecule has 1 aromatic rings. The van der Waals surface area contributed by atoms with Crippen LogP contribution in [-0.2, 0) is 17.1 Å². The van der Waals surface area contributed by atoms with E-state index in [0.29, 0.717) is 0 Å². The van der Waals surface area contributed by atoms with E-state index in [1.165, 1.54) is 0 Å². The van der Waals surface area contributed by atoms with Crippen molar-refractivity contribution in [2.75, 3.05) is 0 Å². The molecule has 4 heteroatoms. The monoisotopic (exact) mass is 223 g/mol. The van der Waals surface area contributed by atoms with Gasteiger partial charge in [-0.3, -0.25) is 0 Å². The molecule has 0 aliphatic carbocycles. The summed E-state index contributed by atoms with van der Waals surface area (Å²) in [5.74, 6) is 0.268. The summed E-state index contributed by atoms with van der Waals surface area (Å²) in [6, 6.07) is 6.72. The van der Waals surface area contributed by atoms with Gasteiger partial charge in [-0.1, -0.05) is 0 Å². The predicted molar refractivity (Wildman–Crippen MR) is 39.8 cm³/mol. The van der Waals surface area contributed by atoms with Crippen molar-refractivity contribution in [3.05, 3.63) is 24.3 Å². The number of benzene rings is 1. The van der Waals surface area contributed by atoms with Gasteiger partial charge in [0.2, 0.25) is 0 Å². The van der Waals surface area contributed by atoms with Gasteiger partial charge in [0, 0.05) is 22.0 Å². The fourth-order valence-corrected chi connectivity index (χ4v) is 1.05. The largest absolute Gasteiger partial charge is 0.508 e. The van der Waals surface area contributed by atoms with E-state index < -0.39 is 0 Å². The van der Waals surface area contributed by atoms with Gasteiger partial charge in [0.1, 0.15) is 5.75 Å². The smallest absolute Gasteiger partial charge is 0.115 e. The topological polar surface area (TPSA) is 20.2 Å². The van der Waals surface area contributed by atoms with E-state index in [9.17, 15) is 0 Å². The zero-order chi connectivity index (χ0) is 6.69. The van der Waals surface area contributed by atoms with Gasteiger partial charge in [-0.25, -0.2) is 0 Å². The third-order valence-corrected chi connectivity index (χ3v) is 1.91. The Bertz CT molecular complexity index is 189. The third-order valence-electron chi connectivity index (χ3n) is 0.926. The van der Waals surface area contributed by atoms with Crippen LogP contribution < -0.4 is 0 Å². The second kappa shape index (κ2) is 4.91. The van der Waals surface area contributed by atoms with E-state index in [2.05, 4.69) is 0 Å². The molecule has 0 aromatic heterocycles. The second-order valence-electron chi connectivity index (χ2n) is 1.57. The summed E-state index contributed by atoms with van der Waals surface area (Å²) in [6.45, 7) is 0. The molecule has 1 nitrogen and oxygen atoms in total. The molecule has 0 saturated heterocycles. The van der Waals surface area contributed by atoms with Crippen LogP contribution in [0.3, 0.4) is 0 Å². The second-order valence-corrected chi connectivity index (χ2v) is 2.66. The van der Waals surface area contributed by atoms with Gasteiger partial charge in [0.25, 0.3) is 0 Å². The molecule has 0 spiro atoms. The molecule has 59 valence electrons. The number of hydrogen-bond donors (Lipinski definition) is 1. The maximum absolute atomic E-state index is 8.80. The average Bonchev–Trinajstić information content (AvgIpc) is 1.90. The molecule has 0 heterocycles. The standard InChI is InChI=1S/C6H5ClOS.Cu/c7-9-6-3-1-5(8)2-4-6;/h1-4,8H;. The van der Waals surface area contributed by atoms with Gasteiger partial charge in [0.05, 0.1) is 0 Å². The Balaban J connectivity index is 0.000000810. The number of rotatable bonds is 1. The average molecular weight is 224 g/mol. The predicted octanol–water partition coefficient (Wildman–Crippen LogP) is 2.64. The summed E-state index contributed by atoms with van der Waals surface area (Å²) < 4.78 is 0. The Morgan fingerprint density at radius 2 is 1.70 bits per heavy atom. The fraction of sp³-hybridized carbons (Fsp3) is 0. The Hall–Kier alpha value is 0.179. The first kappa shape index (κ1) is 10.2. The van der Waals surface area contributed by atoms with Gasteiger partial charge >= 0.3 is 0 Å². The van der Waals surface area contributed by atoms with Crippen molar-refractivity contribution in [1.29, 1.82) is 0 Å². The molecule has 0 aliphatic heterocycles. The van der Waals surface area contributed by atoms with Gasteiger partial charge in [-0.2, -0.15) is 0 Å². The number of halogens is 1. The van der Waals surface area contributed by atoms with Crippen molar-refractivity contribution in [2.45, 2.75) is 4.90 Å². The zero-order valence-electron chi connectivity index (χ0n) is 4.84. The number of aromatic hydroxyl groups is 1. The summed E-state index contributed by atoms with van der Waals surface area (Å²) in [7, 11) is 6.55. The minimum atomic E-state index is 0. The molecule has 0 amide bonds. The first-order valence-corrected chi connectivity index (χ1v) is 4.05. The molecule has 0 aliphatic rings. The molecule has 0 atom stereocenters. The molecular weight excluding hydrogens is 219 g/mol. The zero-order valence-corrected chi connectivity index (χ0v) is 7.36. The number of phenolic OH excluding ortho intramolecular Hbond substituents is 1. The van der Waals surface area contributed by atoms with Crippen molar-refractivity contribution in [1.82, 2.24) is 0 Å². The van der Waals surface area contributed by atoms with Crippen LogP contribution in [0.1, 0.15) is 0 Å². The van der Waals surface area contributed by atoms with Crippen molar-refractivity contribution >= 4 is 21.7 Å². The fourth-order valence-electron chi connectivity index (χ4n) is 0.498. The van der Waals surface area contributed by atoms with Crippen LogP contribution in [0, 0.1) is 0 Å². The van der Waals surface area contributed by atoms with Crippen LogP contribution in [0.2, 0.25) is 0 Å². The van der Waals surface area contributed by atoms with E-state index in [4.69, 9.17) is 15.8 Å². The Kier molecular flexibility index (Phi) is 5.00. The molecule has 1 aromatic carbocycles. The summed E-state index contributed by atoms with van der Waals surface area (Å²) in [4.78, 5) is 0.939. The maximum atomic E-state index is 8.80. The van der Waals surface area contributed by atoms with Crippen LogP contribution in [0.5, 0.6) is 5.75 Å². The van der Waals surface area contributed by atoms with E-state index in [-0.39, 0.29) is 22.8 Å². The molecule has 1 radical (unpaired) electrons. The molecule has 0 unspecified atom stereocenters. The quantitative estimate of drug-likeness (QED) is 0.740. The normalized spacial score (nSPS) is 8.50. The van der Waals surface area contributed by atoms with E-state index in [1.807, 2.05) is 0 Å². The Morgan fingerprint density at radius 1 is 1.20 bits per heavy atom. The van der Waals surface area contributed by atoms with Crippen LogP contribution in [0.25, 0.3) is 0 Å². The molecule has 0 saturated carbocycles. The van der Waals surface area contributed by atoms with Crippen LogP contribution in [-0.4, -0.2) is 5.11 Å². The van der Waals surface area contributed by atoms with Gasteiger partial charge in [-0.15, -0.1) is 0 Å². The SMILES string of the molecule is Oc1ccc(SCl)cc1.[Cu]. The molecule has 1 N–H and O–H groups in total. The third kappa shape index (κ3) is 2.84. The summed E-state index contributed by atoms with van der Waals surface area (Å²) in [6.07, 6.45) is 0. The van der Waals surface area contributed by atoms with Crippen molar-refractivity contribution in [3.63, 3.8) is 0 Å². The van der Waals surface area contributed by atoms with Crippen molar-refractivity contribution < 1.29 is 22.2 Å². The summed E-state index contributed by atoms with van der Waals surface area (Å²) in [5, 5.41) is 8.80. The maximum Gasteiger partial charge on any atom is 0.115 e. The molecule has 1 rings (SSSR count). The summed E-state index contributed by atoms with van der Waals surface area (Å²) >= 11 is 0. The molecule has 10 heavy (non-hydrogen) atoms. The number of hydrogen-bond acceptors (Lipinski definition) is 2. The first-order chi connectivity index (χ1) is 4.33. The van der Waals surface area contributed by atoms with E-state index >= 15 is 0 Å². The van der Waals surface area contributed by atoms with Crippen molar-refractivity contribution in [3.8, 4) is 5.75 Å². The Labute approximate surface area is 78.8 Å². The molecular formula is C6H5ClCuOS. The first-order valence-electron chi connectivity index (χ1n) is 2.40. The molecule has 0 fully saturated rings. The van der Waals surface area contributed by atoms with Gasteiger partial charge in [-0.05, 0) is 45.9 Å². The van der Waals surface area contributed by atoms with Crippen LogP contribution in [0.15, 0.2) is 29.2 Å². The minimum absolute atomic E-state index is 0. The molecule has 0 bridgehead atoms. The Morgan fingerprint density at radius 3 is 2.10 bits per heavy atom. The van der Waals surface area contributed by atoms with E-state index in [0.717, 1.165) is 15.9 Å². The number of phenols is 1.